The molecule has 1 aliphatic heterocycles. The smallest absolute Gasteiger partial charge is 0.423 e. The van der Waals surface area contributed by atoms with E-state index in [4.69, 9.17) is 9.47 Å². The van der Waals surface area contributed by atoms with Crippen LogP contribution in [0.2, 0.25) is 0 Å². The molecule has 0 aromatic heterocycles. The van der Waals surface area contributed by atoms with Crippen LogP contribution in [0.1, 0.15) is 65.2 Å². The quantitative estimate of drug-likeness (QED) is 0.315. The number of unbranched alkanes of at least 4 members (excludes halogenated alkanes) is 4. The van der Waals surface area contributed by atoms with Crippen molar-refractivity contribution in [3.05, 3.63) is 24.8 Å². The first-order valence-corrected chi connectivity index (χ1v) is 7.87. The molecule has 0 aromatic carbocycles. The highest BCUT2D eigenvalue weighted by molar-refractivity contribution is 5.64. The van der Waals surface area contributed by atoms with Crippen LogP contribution >= 0.6 is 0 Å². The zero-order valence-electron chi connectivity index (χ0n) is 12.9. The van der Waals surface area contributed by atoms with Crippen molar-refractivity contribution in [2.24, 2.45) is 0 Å². The summed E-state index contributed by atoms with van der Waals surface area (Å²) in [6, 6.07) is 0. The molecule has 0 aliphatic carbocycles. The van der Waals surface area contributed by atoms with E-state index in [1.54, 1.807) is 6.08 Å². The van der Waals surface area contributed by atoms with Crippen LogP contribution in [0, 0.1) is 0 Å². The lowest BCUT2D eigenvalue weighted by atomic mass is 9.85. The Hall–Kier alpha value is -1.25. The third-order valence-electron chi connectivity index (χ3n) is 3.86. The third-order valence-corrected chi connectivity index (χ3v) is 3.86. The van der Waals surface area contributed by atoms with E-state index in [1.165, 1.54) is 0 Å². The number of rotatable bonds is 10. The average molecular weight is 280 g/mol. The lowest BCUT2D eigenvalue weighted by molar-refractivity contribution is 0.0223. The third kappa shape index (κ3) is 4.69. The van der Waals surface area contributed by atoms with Crippen molar-refractivity contribution in [1.82, 2.24) is 0 Å². The molecule has 1 saturated heterocycles. The summed E-state index contributed by atoms with van der Waals surface area (Å²) in [5.74, 6) is 0. The van der Waals surface area contributed by atoms with E-state index in [9.17, 15) is 4.79 Å². The summed E-state index contributed by atoms with van der Waals surface area (Å²) < 4.78 is 11.0. The van der Waals surface area contributed by atoms with Crippen molar-refractivity contribution < 1.29 is 14.3 Å². The first-order valence-electron chi connectivity index (χ1n) is 7.87. The first kappa shape index (κ1) is 16.8. The van der Waals surface area contributed by atoms with Gasteiger partial charge in [-0.05, 0) is 31.8 Å². The fourth-order valence-corrected chi connectivity index (χ4v) is 2.71. The topological polar surface area (TPSA) is 35.5 Å². The van der Waals surface area contributed by atoms with Gasteiger partial charge in [-0.3, -0.25) is 0 Å². The Morgan fingerprint density at radius 2 is 1.75 bits per heavy atom. The van der Waals surface area contributed by atoms with Gasteiger partial charge in [-0.25, -0.2) is 4.79 Å². The zero-order valence-corrected chi connectivity index (χ0v) is 12.9. The monoisotopic (exact) mass is 280 g/mol. The Bertz CT molecular complexity index is 323. The standard InChI is InChI=1S/C17H28O3/c1-4-7-10-13-17(14-11-8-5-2)15(12-9-6-3)19-16(18)20-17/h6,9,12,15H,3-5,7-8,10-11,13-14H2,1-2H3. The van der Waals surface area contributed by atoms with Crippen molar-refractivity contribution in [3.8, 4) is 0 Å². The normalized spacial score (nSPS) is 20.9. The van der Waals surface area contributed by atoms with Crippen molar-refractivity contribution in [1.29, 1.82) is 0 Å². The van der Waals surface area contributed by atoms with Crippen LogP contribution < -0.4 is 0 Å². The maximum absolute atomic E-state index is 11.6. The molecule has 114 valence electrons. The Morgan fingerprint density at radius 1 is 1.15 bits per heavy atom. The molecule has 1 atom stereocenters. The van der Waals surface area contributed by atoms with Crippen molar-refractivity contribution >= 4 is 6.16 Å². The van der Waals surface area contributed by atoms with Crippen molar-refractivity contribution in [3.63, 3.8) is 0 Å². The van der Waals surface area contributed by atoms with Crippen molar-refractivity contribution in [2.75, 3.05) is 0 Å². The SMILES string of the molecule is C=CC=CC1OC(=O)OC1(CCCCC)CCCCC. The molecule has 1 aliphatic rings. The van der Waals surface area contributed by atoms with Crippen LogP contribution in [0.3, 0.4) is 0 Å². The highest BCUT2D eigenvalue weighted by Crippen LogP contribution is 2.37. The molecule has 0 aromatic rings. The molecule has 1 unspecified atom stereocenters. The molecule has 0 bridgehead atoms. The molecular formula is C17H28O3. The molecular weight excluding hydrogens is 252 g/mol. The molecule has 0 radical (unpaired) electrons. The predicted molar refractivity (Wildman–Crippen MR) is 81.7 cm³/mol. The molecule has 3 nitrogen and oxygen atoms in total. The molecule has 0 amide bonds. The number of carbonyl (C=O) groups is 1. The van der Waals surface area contributed by atoms with Gasteiger partial charge < -0.3 is 9.47 Å². The van der Waals surface area contributed by atoms with E-state index in [0.717, 1.165) is 51.4 Å². The van der Waals surface area contributed by atoms with Gasteiger partial charge >= 0.3 is 6.16 Å². The zero-order chi connectivity index (χ0) is 14.8. The summed E-state index contributed by atoms with van der Waals surface area (Å²) >= 11 is 0. The molecule has 1 heterocycles. The molecule has 0 saturated carbocycles. The van der Waals surface area contributed by atoms with E-state index in [1.807, 2.05) is 12.2 Å². The summed E-state index contributed by atoms with van der Waals surface area (Å²) in [6.07, 6.45) is 13.2. The number of ether oxygens (including phenoxy) is 2. The van der Waals surface area contributed by atoms with Crippen LogP contribution in [-0.2, 0) is 9.47 Å². The second-order valence-corrected chi connectivity index (χ2v) is 5.49. The fraction of sp³-hybridized carbons (Fsp3) is 0.706. The summed E-state index contributed by atoms with van der Waals surface area (Å²) in [7, 11) is 0. The molecule has 3 heteroatoms. The highest BCUT2D eigenvalue weighted by atomic mass is 16.8. The minimum atomic E-state index is -0.531. The van der Waals surface area contributed by atoms with Crippen LogP contribution in [0.5, 0.6) is 0 Å². The average Bonchev–Trinajstić information content (AvgIpc) is 2.73. The Labute approximate surface area is 123 Å². The lowest BCUT2D eigenvalue weighted by Crippen LogP contribution is -2.39. The Morgan fingerprint density at radius 3 is 2.25 bits per heavy atom. The Balaban J connectivity index is 2.77. The van der Waals surface area contributed by atoms with Crippen molar-refractivity contribution in [2.45, 2.75) is 76.9 Å². The first-order chi connectivity index (χ1) is 9.68. The number of carbonyl (C=O) groups excluding carboxylic acids is 1. The number of allylic oxidation sites excluding steroid dienone is 2. The lowest BCUT2D eigenvalue weighted by Gasteiger charge is -2.29. The van der Waals surface area contributed by atoms with Crippen LogP contribution in [0.4, 0.5) is 4.79 Å². The number of hydrogen-bond acceptors (Lipinski definition) is 3. The van der Waals surface area contributed by atoms with E-state index in [2.05, 4.69) is 20.4 Å². The van der Waals surface area contributed by atoms with E-state index >= 15 is 0 Å². The van der Waals surface area contributed by atoms with E-state index in [-0.39, 0.29) is 6.10 Å². The van der Waals surface area contributed by atoms with Gasteiger partial charge in [0.1, 0.15) is 0 Å². The van der Waals surface area contributed by atoms with Gasteiger partial charge in [-0.15, -0.1) is 0 Å². The van der Waals surface area contributed by atoms with E-state index < -0.39 is 11.8 Å². The van der Waals surface area contributed by atoms with Gasteiger partial charge in [-0.1, -0.05) is 58.3 Å². The number of cyclic esters (lactones) is 2. The van der Waals surface area contributed by atoms with Gasteiger partial charge in [0.05, 0.1) is 0 Å². The summed E-state index contributed by atoms with van der Waals surface area (Å²) in [5, 5.41) is 0. The van der Waals surface area contributed by atoms with Gasteiger partial charge in [-0.2, -0.15) is 0 Å². The second-order valence-electron chi connectivity index (χ2n) is 5.49. The highest BCUT2D eigenvalue weighted by Gasteiger charge is 2.48. The molecule has 0 spiro atoms. The van der Waals surface area contributed by atoms with E-state index in [0.29, 0.717) is 0 Å². The Kier molecular flexibility index (Phi) is 7.42. The van der Waals surface area contributed by atoms with Gasteiger partial charge in [0.25, 0.3) is 0 Å². The largest absolute Gasteiger partial charge is 0.509 e. The van der Waals surface area contributed by atoms with Gasteiger partial charge in [0.2, 0.25) is 0 Å². The number of hydrogen-bond donors (Lipinski definition) is 0. The fourth-order valence-electron chi connectivity index (χ4n) is 2.71. The van der Waals surface area contributed by atoms with Gasteiger partial charge in [0.15, 0.2) is 11.7 Å². The second kappa shape index (κ2) is 8.83. The minimum Gasteiger partial charge on any atom is -0.423 e. The van der Waals surface area contributed by atoms with Crippen LogP contribution in [-0.4, -0.2) is 17.9 Å². The maximum atomic E-state index is 11.6. The molecule has 0 N–H and O–H groups in total. The molecule has 1 fully saturated rings. The van der Waals surface area contributed by atoms with Gasteiger partial charge in [0, 0.05) is 0 Å². The minimum absolute atomic E-state index is 0.276. The summed E-state index contributed by atoms with van der Waals surface area (Å²) in [4.78, 5) is 11.6. The summed E-state index contributed by atoms with van der Waals surface area (Å²) in [5.41, 5.74) is -0.471. The summed E-state index contributed by atoms with van der Waals surface area (Å²) in [6.45, 7) is 8.02. The predicted octanol–water partition coefficient (Wildman–Crippen LogP) is 5.16. The maximum Gasteiger partial charge on any atom is 0.509 e. The van der Waals surface area contributed by atoms with Crippen LogP contribution in [0.25, 0.3) is 0 Å². The van der Waals surface area contributed by atoms with Crippen LogP contribution in [0.15, 0.2) is 24.8 Å². The molecule has 20 heavy (non-hydrogen) atoms. The molecule has 1 rings (SSSR count).